The third kappa shape index (κ3) is 3.58. The first-order valence-electron chi connectivity index (χ1n) is 6.76. The highest BCUT2D eigenvalue weighted by Gasteiger charge is 2.40. The topological polar surface area (TPSA) is 40.5 Å². The number of carbonyl (C=O) groups is 1. The van der Waals surface area contributed by atoms with Crippen molar-refractivity contribution in [2.75, 3.05) is 13.1 Å². The van der Waals surface area contributed by atoms with Crippen LogP contribution in [0.2, 0.25) is 0 Å². The van der Waals surface area contributed by atoms with Crippen LogP contribution in [-0.2, 0) is 11.3 Å². The van der Waals surface area contributed by atoms with Crippen molar-refractivity contribution in [3.05, 3.63) is 20.8 Å². The van der Waals surface area contributed by atoms with Crippen molar-refractivity contribution >= 4 is 33.2 Å². The second kappa shape index (κ2) is 6.37. The average molecular weight is 346 g/mol. The van der Waals surface area contributed by atoms with Gasteiger partial charge >= 0.3 is 5.97 Å². The van der Waals surface area contributed by atoms with Crippen LogP contribution in [0.3, 0.4) is 0 Å². The summed E-state index contributed by atoms with van der Waals surface area (Å²) in [5.74, 6) is -0.604. The van der Waals surface area contributed by atoms with E-state index in [0.717, 1.165) is 49.1 Å². The van der Waals surface area contributed by atoms with Crippen molar-refractivity contribution in [1.29, 1.82) is 0 Å². The first kappa shape index (κ1) is 15.0. The van der Waals surface area contributed by atoms with Crippen molar-refractivity contribution < 1.29 is 9.90 Å². The van der Waals surface area contributed by atoms with Gasteiger partial charge in [0.05, 0.1) is 9.20 Å². The van der Waals surface area contributed by atoms with Gasteiger partial charge in [-0.05, 0) is 60.4 Å². The standard InChI is InChI=1S/C14H20BrNO2S/c1-2-5-14(13(17)18)6-8-16(9-7-14)10-11-3-4-12(15)19-11/h3-4H,2,5-10H2,1H3,(H,17,18). The van der Waals surface area contributed by atoms with Gasteiger partial charge in [-0.3, -0.25) is 9.69 Å². The molecule has 106 valence electrons. The normalized spacial score (nSPS) is 19.5. The number of carboxylic acids is 1. The van der Waals surface area contributed by atoms with Crippen molar-refractivity contribution in [2.24, 2.45) is 5.41 Å². The molecule has 0 unspecified atom stereocenters. The van der Waals surface area contributed by atoms with Crippen molar-refractivity contribution in [3.8, 4) is 0 Å². The first-order valence-corrected chi connectivity index (χ1v) is 8.37. The third-order valence-corrected chi connectivity index (χ3v) is 5.61. The highest BCUT2D eigenvalue weighted by molar-refractivity contribution is 9.11. The second-order valence-corrected chi connectivity index (χ2v) is 7.87. The molecule has 0 spiro atoms. The molecule has 5 heteroatoms. The SMILES string of the molecule is CCCC1(C(=O)O)CCN(Cc2ccc(Br)s2)CC1. The molecule has 3 nitrogen and oxygen atoms in total. The van der Waals surface area contributed by atoms with Gasteiger partial charge in [-0.25, -0.2) is 0 Å². The summed E-state index contributed by atoms with van der Waals surface area (Å²) in [5, 5.41) is 9.48. The summed E-state index contributed by atoms with van der Waals surface area (Å²) >= 11 is 5.23. The summed E-state index contributed by atoms with van der Waals surface area (Å²) in [6, 6.07) is 4.21. The minimum absolute atomic E-state index is 0.471. The molecule has 1 aromatic heterocycles. The molecular weight excluding hydrogens is 326 g/mol. The predicted octanol–water partition coefficient (Wildman–Crippen LogP) is 3.98. The van der Waals surface area contributed by atoms with Crippen LogP contribution in [0, 0.1) is 5.41 Å². The largest absolute Gasteiger partial charge is 0.481 e. The fraction of sp³-hybridized carbons (Fsp3) is 0.643. The molecule has 1 N–H and O–H groups in total. The van der Waals surface area contributed by atoms with E-state index in [1.165, 1.54) is 4.88 Å². The maximum atomic E-state index is 11.5. The van der Waals surface area contributed by atoms with Gasteiger partial charge in [0.2, 0.25) is 0 Å². The highest BCUT2D eigenvalue weighted by atomic mass is 79.9. The zero-order chi connectivity index (χ0) is 13.9. The highest BCUT2D eigenvalue weighted by Crippen LogP contribution is 2.37. The lowest BCUT2D eigenvalue weighted by Gasteiger charge is -2.38. The molecule has 0 saturated carbocycles. The van der Waals surface area contributed by atoms with E-state index < -0.39 is 11.4 Å². The molecule has 1 aliphatic rings. The second-order valence-electron chi connectivity index (χ2n) is 5.32. The van der Waals surface area contributed by atoms with Crippen LogP contribution in [0.15, 0.2) is 15.9 Å². The summed E-state index contributed by atoms with van der Waals surface area (Å²) < 4.78 is 1.16. The van der Waals surface area contributed by atoms with E-state index >= 15 is 0 Å². The molecule has 19 heavy (non-hydrogen) atoms. The van der Waals surface area contributed by atoms with Crippen LogP contribution in [0.5, 0.6) is 0 Å². The van der Waals surface area contributed by atoms with Gasteiger partial charge in [0.1, 0.15) is 0 Å². The lowest BCUT2D eigenvalue weighted by atomic mass is 9.75. The quantitative estimate of drug-likeness (QED) is 0.877. The molecular formula is C14H20BrNO2S. The Kier molecular flexibility index (Phi) is 5.03. The number of halogens is 1. The monoisotopic (exact) mass is 345 g/mol. The number of hydrogen-bond donors (Lipinski definition) is 1. The summed E-state index contributed by atoms with van der Waals surface area (Å²) in [6.07, 6.45) is 3.32. The van der Waals surface area contributed by atoms with E-state index in [-0.39, 0.29) is 0 Å². The molecule has 0 radical (unpaired) electrons. The Morgan fingerprint density at radius 1 is 1.47 bits per heavy atom. The van der Waals surface area contributed by atoms with Crippen LogP contribution in [0.1, 0.15) is 37.5 Å². The summed E-state index contributed by atoms with van der Waals surface area (Å²) in [4.78, 5) is 15.2. The lowest BCUT2D eigenvalue weighted by molar-refractivity contribution is -0.152. The molecule has 0 amide bonds. The van der Waals surface area contributed by atoms with E-state index in [9.17, 15) is 9.90 Å². The van der Waals surface area contributed by atoms with Crippen molar-refractivity contribution in [2.45, 2.75) is 39.2 Å². The van der Waals surface area contributed by atoms with Crippen LogP contribution >= 0.6 is 27.3 Å². The molecule has 0 aromatic carbocycles. The lowest BCUT2D eigenvalue weighted by Crippen LogP contribution is -2.43. The fourth-order valence-corrected chi connectivity index (χ4v) is 4.37. The Morgan fingerprint density at radius 2 is 2.16 bits per heavy atom. The van der Waals surface area contributed by atoms with Crippen molar-refractivity contribution in [3.63, 3.8) is 0 Å². The molecule has 2 heterocycles. The predicted molar refractivity (Wildman–Crippen MR) is 81.5 cm³/mol. The zero-order valence-corrected chi connectivity index (χ0v) is 13.6. The van der Waals surface area contributed by atoms with Crippen LogP contribution in [-0.4, -0.2) is 29.1 Å². The van der Waals surface area contributed by atoms with Gasteiger partial charge in [0, 0.05) is 11.4 Å². The fourth-order valence-electron chi connectivity index (χ4n) is 2.85. The number of likely N-dealkylation sites (tertiary alicyclic amines) is 1. The van der Waals surface area contributed by atoms with E-state index in [2.05, 4.69) is 39.9 Å². The smallest absolute Gasteiger partial charge is 0.309 e. The number of carboxylic acid groups (broad SMARTS) is 1. The van der Waals surface area contributed by atoms with Crippen LogP contribution < -0.4 is 0 Å². The van der Waals surface area contributed by atoms with Gasteiger partial charge in [0.15, 0.2) is 0 Å². The van der Waals surface area contributed by atoms with E-state index in [0.29, 0.717) is 0 Å². The van der Waals surface area contributed by atoms with Gasteiger partial charge in [-0.2, -0.15) is 0 Å². The number of hydrogen-bond acceptors (Lipinski definition) is 3. The molecule has 0 aliphatic carbocycles. The number of thiophene rings is 1. The van der Waals surface area contributed by atoms with E-state index in [4.69, 9.17) is 0 Å². The summed E-state index contributed by atoms with van der Waals surface area (Å²) in [5.41, 5.74) is -0.471. The Bertz CT molecular complexity index is 438. The number of rotatable bonds is 5. The number of aliphatic carboxylic acids is 1. The van der Waals surface area contributed by atoms with E-state index in [1.807, 2.05) is 0 Å². The zero-order valence-electron chi connectivity index (χ0n) is 11.2. The maximum absolute atomic E-state index is 11.5. The molecule has 1 saturated heterocycles. The minimum atomic E-state index is -0.604. The minimum Gasteiger partial charge on any atom is -0.481 e. The van der Waals surface area contributed by atoms with E-state index in [1.54, 1.807) is 11.3 Å². The first-order chi connectivity index (χ1) is 9.05. The Balaban J connectivity index is 1.92. The molecule has 2 rings (SSSR count). The molecule has 0 atom stereocenters. The van der Waals surface area contributed by atoms with Gasteiger partial charge in [0.25, 0.3) is 0 Å². The summed E-state index contributed by atoms with van der Waals surface area (Å²) in [7, 11) is 0. The van der Waals surface area contributed by atoms with Crippen molar-refractivity contribution in [1.82, 2.24) is 4.90 Å². The third-order valence-electron chi connectivity index (χ3n) is 4.00. The average Bonchev–Trinajstić information content (AvgIpc) is 2.77. The van der Waals surface area contributed by atoms with Gasteiger partial charge in [-0.1, -0.05) is 13.3 Å². The summed E-state index contributed by atoms with van der Waals surface area (Å²) in [6.45, 7) is 4.79. The Morgan fingerprint density at radius 3 is 2.63 bits per heavy atom. The van der Waals surface area contributed by atoms with Gasteiger partial charge < -0.3 is 5.11 Å². The molecule has 1 aromatic rings. The Hall–Kier alpha value is -0.390. The molecule has 1 fully saturated rings. The van der Waals surface area contributed by atoms with Gasteiger partial charge in [-0.15, -0.1) is 11.3 Å². The maximum Gasteiger partial charge on any atom is 0.309 e. The number of nitrogens with zero attached hydrogens (tertiary/aromatic N) is 1. The molecule has 1 aliphatic heterocycles. The molecule has 0 bridgehead atoms. The van der Waals surface area contributed by atoms with Crippen LogP contribution in [0.25, 0.3) is 0 Å². The Labute approximate surface area is 126 Å². The van der Waals surface area contributed by atoms with Crippen LogP contribution in [0.4, 0.5) is 0 Å². The number of piperidine rings is 1.